The van der Waals surface area contributed by atoms with Gasteiger partial charge in [-0.3, -0.25) is 4.90 Å². The molecule has 0 radical (unpaired) electrons. The van der Waals surface area contributed by atoms with Crippen LogP contribution in [0.5, 0.6) is 0 Å². The van der Waals surface area contributed by atoms with Crippen molar-refractivity contribution < 1.29 is 0 Å². The van der Waals surface area contributed by atoms with E-state index in [1.54, 1.807) is 0 Å². The molecule has 1 aliphatic carbocycles. The normalized spacial score (nSPS) is 16.4. The van der Waals surface area contributed by atoms with Gasteiger partial charge in [-0.2, -0.15) is 0 Å². The molecule has 16 heavy (non-hydrogen) atoms. The summed E-state index contributed by atoms with van der Waals surface area (Å²) in [5.74, 6) is 0. The Morgan fingerprint density at radius 2 is 2.19 bits per heavy atom. The van der Waals surface area contributed by atoms with Crippen LogP contribution in [0.3, 0.4) is 0 Å². The maximum Gasteiger partial charge on any atom is 0.0237 e. The number of hydrogen-bond acceptors (Lipinski definition) is 2. The van der Waals surface area contributed by atoms with Gasteiger partial charge in [-0.15, -0.1) is 0 Å². The molecule has 0 bridgehead atoms. The summed E-state index contributed by atoms with van der Waals surface area (Å²) in [4.78, 5) is 2.54. The summed E-state index contributed by atoms with van der Waals surface area (Å²) < 4.78 is 0. The fourth-order valence-electron chi connectivity index (χ4n) is 2.35. The number of benzene rings is 1. The quantitative estimate of drug-likeness (QED) is 0.821. The standard InChI is InChI=1S/C14H22N2/c1-12-4-2-5-13(10-12)11-16(9-8-15)14-6-3-7-14/h2,4-5,10,14H,3,6-9,11,15H2,1H3. The fourth-order valence-corrected chi connectivity index (χ4v) is 2.35. The Labute approximate surface area is 98.4 Å². The summed E-state index contributed by atoms with van der Waals surface area (Å²) in [5, 5.41) is 0. The Morgan fingerprint density at radius 3 is 2.75 bits per heavy atom. The van der Waals surface area contributed by atoms with Gasteiger partial charge in [0, 0.05) is 25.7 Å². The van der Waals surface area contributed by atoms with Gasteiger partial charge in [0.15, 0.2) is 0 Å². The predicted molar refractivity (Wildman–Crippen MR) is 68.3 cm³/mol. The molecule has 0 amide bonds. The van der Waals surface area contributed by atoms with E-state index >= 15 is 0 Å². The Hall–Kier alpha value is -0.860. The molecule has 1 aromatic rings. The molecule has 1 aliphatic rings. The maximum atomic E-state index is 5.69. The van der Waals surface area contributed by atoms with E-state index in [9.17, 15) is 0 Å². The Morgan fingerprint density at radius 1 is 1.38 bits per heavy atom. The molecule has 0 unspecified atom stereocenters. The van der Waals surface area contributed by atoms with Crippen molar-refractivity contribution in [1.29, 1.82) is 0 Å². The summed E-state index contributed by atoms with van der Waals surface area (Å²) in [7, 11) is 0. The molecule has 2 nitrogen and oxygen atoms in total. The third kappa shape index (κ3) is 2.83. The molecule has 0 heterocycles. The van der Waals surface area contributed by atoms with Crippen LogP contribution in [0.2, 0.25) is 0 Å². The van der Waals surface area contributed by atoms with Gasteiger partial charge in [0.1, 0.15) is 0 Å². The first-order valence-electron chi connectivity index (χ1n) is 6.29. The average Bonchev–Trinajstić information content (AvgIpc) is 2.15. The highest BCUT2D eigenvalue weighted by Gasteiger charge is 2.24. The van der Waals surface area contributed by atoms with Crippen LogP contribution in [-0.4, -0.2) is 24.0 Å². The van der Waals surface area contributed by atoms with E-state index in [-0.39, 0.29) is 0 Å². The van der Waals surface area contributed by atoms with Crippen LogP contribution < -0.4 is 5.73 Å². The lowest BCUT2D eigenvalue weighted by atomic mass is 9.91. The molecule has 0 aliphatic heterocycles. The Kier molecular flexibility index (Phi) is 3.97. The molecule has 88 valence electrons. The number of nitrogens with two attached hydrogens (primary N) is 1. The molecular weight excluding hydrogens is 196 g/mol. The zero-order valence-electron chi connectivity index (χ0n) is 10.2. The lowest BCUT2D eigenvalue weighted by Gasteiger charge is -2.37. The Bertz CT molecular complexity index is 331. The number of nitrogens with zero attached hydrogens (tertiary/aromatic N) is 1. The molecular formula is C14H22N2. The monoisotopic (exact) mass is 218 g/mol. The molecule has 2 rings (SSSR count). The number of hydrogen-bond donors (Lipinski definition) is 1. The first-order chi connectivity index (χ1) is 7.79. The van der Waals surface area contributed by atoms with Crippen molar-refractivity contribution >= 4 is 0 Å². The maximum absolute atomic E-state index is 5.69. The fraction of sp³-hybridized carbons (Fsp3) is 0.571. The molecule has 2 N–H and O–H groups in total. The van der Waals surface area contributed by atoms with Crippen molar-refractivity contribution in [3.8, 4) is 0 Å². The van der Waals surface area contributed by atoms with Crippen LogP contribution in [0.15, 0.2) is 24.3 Å². The highest BCUT2D eigenvalue weighted by atomic mass is 15.2. The van der Waals surface area contributed by atoms with Crippen molar-refractivity contribution in [2.24, 2.45) is 5.73 Å². The zero-order valence-corrected chi connectivity index (χ0v) is 10.2. The van der Waals surface area contributed by atoms with Crippen molar-refractivity contribution in [3.05, 3.63) is 35.4 Å². The summed E-state index contributed by atoms with van der Waals surface area (Å²) in [5.41, 5.74) is 8.45. The van der Waals surface area contributed by atoms with Gasteiger partial charge >= 0.3 is 0 Å². The van der Waals surface area contributed by atoms with Crippen LogP contribution in [0, 0.1) is 6.92 Å². The SMILES string of the molecule is Cc1cccc(CN(CCN)C2CCC2)c1. The largest absolute Gasteiger partial charge is 0.329 e. The van der Waals surface area contributed by atoms with Crippen molar-refractivity contribution in [2.45, 2.75) is 38.8 Å². The van der Waals surface area contributed by atoms with Gasteiger partial charge in [-0.05, 0) is 25.3 Å². The minimum Gasteiger partial charge on any atom is -0.329 e. The second-order valence-corrected chi connectivity index (χ2v) is 4.83. The summed E-state index contributed by atoms with van der Waals surface area (Å²) in [6.45, 7) is 5.00. The third-order valence-corrected chi connectivity index (χ3v) is 3.48. The van der Waals surface area contributed by atoms with E-state index in [4.69, 9.17) is 5.73 Å². The topological polar surface area (TPSA) is 29.3 Å². The highest BCUT2D eigenvalue weighted by Crippen LogP contribution is 2.25. The first-order valence-corrected chi connectivity index (χ1v) is 6.29. The summed E-state index contributed by atoms with van der Waals surface area (Å²) >= 11 is 0. The lowest BCUT2D eigenvalue weighted by molar-refractivity contribution is 0.123. The highest BCUT2D eigenvalue weighted by molar-refractivity contribution is 5.22. The molecule has 0 atom stereocenters. The van der Waals surface area contributed by atoms with Gasteiger partial charge in [-0.1, -0.05) is 36.2 Å². The zero-order chi connectivity index (χ0) is 11.4. The second-order valence-electron chi connectivity index (χ2n) is 4.83. The van der Waals surface area contributed by atoms with Crippen molar-refractivity contribution in [2.75, 3.05) is 13.1 Å². The van der Waals surface area contributed by atoms with Crippen molar-refractivity contribution in [3.63, 3.8) is 0 Å². The van der Waals surface area contributed by atoms with Crippen molar-refractivity contribution in [1.82, 2.24) is 4.90 Å². The molecule has 2 heteroatoms. The number of aryl methyl sites for hydroxylation is 1. The molecule has 0 spiro atoms. The lowest BCUT2D eigenvalue weighted by Crippen LogP contribution is -2.42. The molecule has 0 saturated heterocycles. The first kappa shape index (κ1) is 11.6. The average molecular weight is 218 g/mol. The third-order valence-electron chi connectivity index (χ3n) is 3.48. The number of rotatable bonds is 5. The van der Waals surface area contributed by atoms with E-state index in [1.165, 1.54) is 30.4 Å². The van der Waals surface area contributed by atoms with Gasteiger partial charge in [-0.25, -0.2) is 0 Å². The van der Waals surface area contributed by atoms with Gasteiger partial charge < -0.3 is 5.73 Å². The minimum absolute atomic E-state index is 0.766. The van der Waals surface area contributed by atoms with Crippen LogP contribution in [0.4, 0.5) is 0 Å². The van der Waals surface area contributed by atoms with Crippen LogP contribution >= 0.6 is 0 Å². The summed E-state index contributed by atoms with van der Waals surface area (Å²) in [6.07, 6.45) is 4.09. The second kappa shape index (κ2) is 5.46. The van der Waals surface area contributed by atoms with E-state index in [0.717, 1.165) is 25.7 Å². The van der Waals surface area contributed by atoms with Crippen LogP contribution in [-0.2, 0) is 6.54 Å². The molecule has 1 fully saturated rings. The van der Waals surface area contributed by atoms with E-state index in [2.05, 4.69) is 36.1 Å². The van der Waals surface area contributed by atoms with Crippen LogP contribution in [0.1, 0.15) is 30.4 Å². The van der Waals surface area contributed by atoms with E-state index < -0.39 is 0 Å². The van der Waals surface area contributed by atoms with Gasteiger partial charge in [0.25, 0.3) is 0 Å². The van der Waals surface area contributed by atoms with Gasteiger partial charge in [0.05, 0.1) is 0 Å². The van der Waals surface area contributed by atoms with Gasteiger partial charge in [0.2, 0.25) is 0 Å². The van der Waals surface area contributed by atoms with E-state index in [0.29, 0.717) is 0 Å². The Balaban J connectivity index is 1.98. The van der Waals surface area contributed by atoms with E-state index in [1.807, 2.05) is 0 Å². The molecule has 1 aromatic carbocycles. The smallest absolute Gasteiger partial charge is 0.0237 e. The summed E-state index contributed by atoms with van der Waals surface area (Å²) in [6, 6.07) is 9.58. The van der Waals surface area contributed by atoms with Crippen LogP contribution in [0.25, 0.3) is 0 Å². The molecule has 0 aromatic heterocycles. The molecule has 1 saturated carbocycles. The predicted octanol–water partition coefficient (Wildman–Crippen LogP) is 2.31. The minimum atomic E-state index is 0.766.